The molecule has 0 unspecified atom stereocenters. The number of hydrogen-bond acceptors (Lipinski definition) is 1. The summed E-state index contributed by atoms with van der Waals surface area (Å²) in [5.41, 5.74) is 8.42. The van der Waals surface area contributed by atoms with E-state index < -0.39 is 0 Å². The van der Waals surface area contributed by atoms with Crippen molar-refractivity contribution < 1.29 is 0 Å². The zero-order chi connectivity index (χ0) is 11.2. The van der Waals surface area contributed by atoms with Gasteiger partial charge in [0.1, 0.15) is 0 Å². The lowest BCUT2D eigenvalue weighted by Crippen LogP contribution is -2.34. The third kappa shape index (κ3) is 5.76. The van der Waals surface area contributed by atoms with Crippen LogP contribution < -0.4 is 5.73 Å². The van der Waals surface area contributed by atoms with E-state index in [1.807, 2.05) is 27.7 Å². The van der Waals surface area contributed by atoms with Crippen molar-refractivity contribution in [2.45, 2.75) is 46.6 Å². The van der Waals surface area contributed by atoms with Crippen LogP contribution in [0.15, 0.2) is 24.3 Å². The Morgan fingerprint density at radius 3 is 1.86 bits per heavy atom. The molecule has 0 radical (unpaired) electrons. The first kappa shape index (κ1) is 13.2. The van der Waals surface area contributed by atoms with Gasteiger partial charge in [0.25, 0.3) is 0 Å². The molecule has 0 heterocycles. The number of hydrogen-bond donors (Lipinski definition) is 1. The maximum Gasteiger partial charge on any atom is 0.0138 e. The van der Waals surface area contributed by atoms with Crippen molar-refractivity contribution in [1.82, 2.24) is 0 Å². The van der Waals surface area contributed by atoms with Gasteiger partial charge in [-0.05, 0) is 32.8 Å². The molecule has 0 bridgehead atoms. The molecule has 0 aliphatic carbocycles. The van der Waals surface area contributed by atoms with Gasteiger partial charge < -0.3 is 5.73 Å². The summed E-state index contributed by atoms with van der Waals surface area (Å²) in [7, 11) is 0. The average Bonchev–Trinajstić information content (AvgIpc) is 2.10. The van der Waals surface area contributed by atoms with Gasteiger partial charge in [-0.3, -0.25) is 0 Å². The topological polar surface area (TPSA) is 26.0 Å². The van der Waals surface area contributed by atoms with Crippen molar-refractivity contribution in [3.8, 4) is 0 Å². The Morgan fingerprint density at radius 2 is 1.50 bits per heavy atom. The lowest BCUT2D eigenvalue weighted by Gasteiger charge is -2.18. The molecule has 0 amide bonds. The first-order valence-corrected chi connectivity index (χ1v) is 5.32. The molecule has 1 rings (SSSR count). The van der Waals surface area contributed by atoms with E-state index in [1.165, 1.54) is 11.1 Å². The van der Waals surface area contributed by atoms with E-state index in [2.05, 4.69) is 31.2 Å². The van der Waals surface area contributed by atoms with Crippen LogP contribution in [0.4, 0.5) is 0 Å². The van der Waals surface area contributed by atoms with E-state index in [0.717, 1.165) is 6.42 Å². The molecule has 1 heteroatoms. The van der Waals surface area contributed by atoms with E-state index >= 15 is 0 Å². The van der Waals surface area contributed by atoms with Crippen molar-refractivity contribution in [3.05, 3.63) is 35.4 Å². The van der Waals surface area contributed by atoms with Gasteiger partial charge in [0.15, 0.2) is 0 Å². The fraction of sp³-hybridized carbons (Fsp3) is 0.538. The highest BCUT2D eigenvalue weighted by molar-refractivity contribution is 5.22. The summed E-state index contributed by atoms with van der Waals surface area (Å²) in [6, 6.07) is 8.54. The van der Waals surface area contributed by atoms with E-state index in [1.54, 1.807) is 0 Å². The largest absolute Gasteiger partial charge is 0.325 e. The molecule has 0 saturated heterocycles. The standard InChI is InChI=1S/C11H17N.C2H6/c1-9-4-6-10(7-5-9)8-11(2,3)12;1-2/h4-7H,8,12H2,1-3H3;1-2H3. The molecule has 0 saturated carbocycles. The van der Waals surface area contributed by atoms with Gasteiger partial charge in [0, 0.05) is 5.54 Å². The zero-order valence-electron chi connectivity index (χ0n) is 10.1. The Morgan fingerprint density at radius 1 is 1.07 bits per heavy atom. The van der Waals surface area contributed by atoms with Crippen molar-refractivity contribution in [3.63, 3.8) is 0 Å². The van der Waals surface area contributed by atoms with Crippen molar-refractivity contribution in [2.24, 2.45) is 5.73 Å². The molecule has 0 atom stereocenters. The summed E-state index contributed by atoms with van der Waals surface area (Å²) < 4.78 is 0. The molecule has 1 aromatic rings. The van der Waals surface area contributed by atoms with Gasteiger partial charge in [-0.15, -0.1) is 0 Å². The van der Waals surface area contributed by atoms with Crippen LogP contribution in [0.3, 0.4) is 0 Å². The lowest BCUT2D eigenvalue weighted by atomic mass is 9.96. The fourth-order valence-corrected chi connectivity index (χ4v) is 1.23. The Balaban J connectivity index is 0.000000791. The van der Waals surface area contributed by atoms with Gasteiger partial charge in [-0.25, -0.2) is 0 Å². The van der Waals surface area contributed by atoms with Crippen LogP contribution in [-0.2, 0) is 6.42 Å². The van der Waals surface area contributed by atoms with Gasteiger partial charge in [-0.1, -0.05) is 43.7 Å². The second-order valence-electron chi connectivity index (χ2n) is 4.15. The highest BCUT2D eigenvalue weighted by atomic mass is 14.7. The van der Waals surface area contributed by atoms with E-state index in [4.69, 9.17) is 5.73 Å². The fourth-order valence-electron chi connectivity index (χ4n) is 1.23. The summed E-state index contributed by atoms with van der Waals surface area (Å²) in [5, 5.41) is 0. The molecule has 1 aromatic carbocycles. The van der Waals surface area contributed by atoms with Crippen LogP contribution in [0.2, 0.25) is 0 Å². The molecule has 0 aliphatic rings. The van der Waals surface area contributed by atoms with Gasteiger partial charge in [0.05, 0.1) is 0 Å². The van der Waals surface area contributed by atoms with Crippen LogP contribution in [-0.4, -0.2) is 5.54 Å². The summed E-state index contributed by atoms with van der Waals surface area (Å²) in [4.78, 5) is 0. The predicted octanol–water partition coefficient (Wildman–Crippen LogP) is 3.30. The second kappa shape index (κ2) is 5.82. The second-order valence-corrected chi connectivity index (χ2v) is 4.15. The number of nitrogens with two attached hydrogens (primary N) is 1. The Labute approximate surface area is 88.3 Å². The molecule has 2 N–H and O–H groups in total. The lowest BCUT2D eigenvalue weighted by molar-refractivity contribution is 0.517. The summed E-state index contributed by atoms with van der Waals surface area (Å²) in [6.07, 6.45) is 0.938. The Bertz CT molecular complexity index is 241. The van der Waals surface area contributed by atoms with E-state index in [0.29, 0.717) is 0 Å². The highest BCUT2D eigenvalue weighted by Gasteiger charge is 2.10. The van der Waals surface area contributed by atoms with Crippen LogP contribution in [0.5, 0.6) is 0 Å². The minimum absolute atomic E-state index is 0.102. The van der Waals surface area contributed by atoms with Crippen molar-refractivity contribution in [1.29, 1.82) is 0 Å². The average molecular weight is 193 g/mol. The highest BCUT2D eigenvalue weighted by Crippen LogP contribution is 2.10. The monoisotopic (exact) mass is 193 g/mol. The van der Waals surface area contributed by atoms with Crippen molar-refractivity contribution >= 4 is 0 Å². The molecule has 0 aromatic heterocycles. The van der Waals surface area contributed by atoms with Crippen LogP contribution in [0, 0.1) is 6.92 Å². The summed E-state index contributed by atoms with van der Waals surface area (Å²) in [5.74, 6) is 0. The van der Waals surface area contributed by atoms with E-state index in [-0.39, 0.29) is 5.54 Å². The van der Waals surface area contributed by atoms with Crippen LogP contribution in [0.1, 0.15) is 38.8 Å². The smallest absolute Gasteiger partial charge is 0.0138 e. The number of rotatable bonds is 2. The molecular formula is C13H23N. The molecule has 0 fully saturated rings. The third-order valence-corrected chi connectivity index (χ3v) is 1.78. The SMILES string of the molecule is CC.Cc1ccc(CC(C)(C)N)cc1. The van der Waals surface area contributed by atoms with Gasteiger partial charge in [0.2, 0.25) is 0 Å². The van der Waals surface area contributed by atoms with E-state index in [9.17, 15) is 0 Å². The minimum atomic E-state index is -0.102. The normalized spacial score (nSPS) is 10.4. The molecular weight excluding hydrogens is 170 g/mol. The Kier molecular flexibility index (Phi) is 5.47. The molecule has 0 spiro atoms. The summed E-state index contributed by atoms with van der Waals surface area (Å²) >= 11 is 0. The maximum absolute atomic E-state index is 5.91. The molecule has 14 heavy (non-hydrogen) atoms. The minimum Gasteiger partial charge on any atom is -0.325 e. The molecule has 1 nitrogen and oxygen atoms in total. The van der Waals surface area contributed by atoms with Gasteiger partial charge in [-0.2, -0.15) is 0 Å². The first-order valence-electron chi connectivity index (χ1n) is 5.32. The molecule has 80 valence electrons. The van der Waals surface area contributed by atoms with Crippen LogP contribution in [0.25, 0.3) is 0 Å². The quantitative estimate of drug-likeness (QED) is 0.766. The van der Waals surface area contributed by atoms with Gasteiger partial charge >= 0.3 is 0 Å². The Hall–Kier alpha value is -0.820. The maximum atomic E-state index is 5.91. The number of aryl methyl sites for hydroxylation is 1. The third-order valence-electron chi connectivity index (χ3n) is 1.78. The predicted molar refractivity (Wildman–Crippen MR) is 64.5 cm³/mol. The van der Waals surface area contributed by atoms with Crippen LogP contribution >= 0.6 is 0 Å². The molecule has 0 aliphatic heterocycles. The summed E-state index contributed by atoms with van der Waals surface area (Å²) in [6.45, 7) is 10.2. The zero-order valence-corrected chi connectivity index (χ0v) is 10.1. The first-order chi connectivity index (χ1) is 6.47. The number of benzene rings is 1. The van der Waals surface area contributed by atoms with Crippen molar-refractivity contribution in [2.75, 3.05) is 0 Å².